The standard InChI is InChI=1S/C19H22N2O5S/c1-20(15-7-4-3-5-8-15)19(22)9-6-12-21(27(2,23)24)16-10-11-17-18(13-16)26-14-25-17/h3-5,7-8,10-11,13H,6,9,12,14H2,1-2H3. The first kappa shape index (κ1) is 19.0. The second kappa shape index (κ2) is 7.87. The molecule has 0 aliphatic carbocycles. The number of fused-ring (bicyclic) bond motifs is 1. The fourth-order valence-corrected chi connectivity index (χ4v) is 3.82. The third kappa shape index (κ3) is 4.51. The van der Waals surface area contributed by atoms with Crippen molar-refractivity contribution in [3.05, 3.63) is 48.5 Å². The molecule has 1 amide bonds. The molecule has 2 aromatic carbocycles. The van der Waals surface area contributed by atoms with Gasteiger partial charge in [-0.3, -0.25) is 9.10 Å². The molecule has 0 spiro atoms. The molecule has 0 saturated heterocycles. The van der Waals surface area contributed by atoms with Crippen LogP contribution in [0.1, 0.15) is 12.8 Å². The summed E-state index contributed by atoms with van der Waals surface area (Å²) >= 11 is 0. The number of carbonyl (C=O) groups excluding carboxylic acids is 1. The second-order valence-corrected chi connectivity index (χ2v) is 8.17. The van der Waals surface area contributed by atoms with Crippen LogP contribution in [0.25, 0.3) is 0 Å². The van der Waals surface area contributed by atoms with Crippen LogP contribution in [-0.4, -0.2) is 41.0 Å². The second-order valence-electron chi connectivity index (χ2n) is 6.26. The number of para-hydroxylation sites is 1. The molecule has 8 heteroatoms. The number of carbonyl (C=O) groups is 1. The Labute approximate surface area is 159 Å². The van der Waals surface area contributed by atoms with Gasteiger partial charge in [0.2, 0.25) is 22.7 Å². The molecule has 0 radical (unpaired) electrons. The van der Waals surface area contributed by atoms with E-state index in [9.17, 15) is 13.2 Å². The highest BCUT2D eigenvalue weighted by Gasteiger charge is 2.22. The molecule has 7 nitrogen and oxygen atoms in total. The summed E-state index contributed by atoms with van der Waals surface area (Å²) in [5, 5.41) is 0. The summed E-state index contributed by atoms with van der Waals surface area (Å²) in [6, 6.07) is 14.3. The van der Waals surface area contributed by atoms with Gasteiger partial charge in [-0.25, -0.2) is 8.42 Å². The Morgan fingerprint density at radius 3 is 2.44 bits per heavy atom. The molecule has 0 bridgehead atoms. The summed E-state index contributed by atoms with van der Waals surface area (Å²) < 4.78 is 36.3. The molecular formula is C19H22N2O5S. The normalized spacial score (nSPS) is 12.7. The molecule has 0 aromatic heterocycles. The lowest BCUT2D eigenvalue weighted by molar-refractivity contribution is -0.118. The van der Waals surface area contributed by atoms with Crippen LogP contribution >= 0.6 is 0 Å². The number of amides is 1. The Balaban J connectivity index is 1.65. The number of hydrogen-bond acceptors (Lipinski definition) is 5. The highest BCUT2D eigenvalue weighted by atomic mass is 32.2. The van der Waals surface area contributed by atoms with Crippen molar-refractivity contribution < 1.29 is 22.7 Å². The van der Waals surface area contributed by atoms with E-state index in [0.29, 0.717) is 23.6 Å². The van der Waals surface area contributed by atoms with Crippen LogP contribution < -0.4 is 18.7 Å². The van der Waals surface area contributed by atoms with Gasteiger partial charge in [-0.1, -0.05) is 18.2 Å². The zero-order valence-electron chi connectivity index (χ0n) is 15.3. The first-order chi connectivity index (χ1) is 12.9. The van der Waals surface area contributed by atoms with Crippen LogP contribution in [0.3, 0.4) is 0 Å². The van der Waals surface area contributed by atoms with E-state index in [1.54, 1.807) is 30.1 Å². The Hall–Kier alpha value is -2.74. The third-order valence-electron chi connectivity index (χ3n) is 4.31. The molecule has 0 unspecified atom stereocenters. The van der Waals surface area contributed by atoms with E-state index in [1.807, 2.05) is 30.3 Å². The van der Waals surface area contributed by atoms with Gasteiger partial charge in [0.25, 0.3) is 0 Å². The first-order valence-electron chi connectivity index (χ1n) is 8.55. The molecule has 0 atom stereocenters. The van der Waals surface area contributed by atoms with Gasteiger partial charge >= 0.3 is 0 Å². The maximum Gasteiger partial charge on any atom is 0.232 e. The highest BCUT2D eigenvalue weighted by Crippen LogP contribution is 2.36. The summed E-state index contributed by atoms with van der Waals surface area (Å²) in [7, 11) is -1.78. The minimum Gasteiger partial charge on any atom is -0.454 e. The van der Waals surface area contributed by atoms with Gasteiger partial charge in [0.15, 0.2) is 11.5 Å². The molecule has 2 aromatic rings. The zero-order chi connectivity index (χ0) is 19.4. The average molecular weight is 390 g/mol. The van der Waals surface area contributed by atoms with E-state index in [0.717, 1.165) is 11.9 Å². The van der Waals surface area contributed by atoms with Crippen LogP contribution in [0.2, 0.25) is 0 Å². The van der Waals surface area contributed by atoms with Crippen molar-refractivity contribution in [3.63, 3.8) is 0 Å². The Morgan fingerprint density at radius 2 is 1.74 bits per heavy atom. The van der Waals surface area contributed by atoms with E-state index in [1.165, 1.54) is 4.31 Å². The SMILES string of the molecule is CN(C(=O)CCCN(c1ccc2c(c1)OCO2)S(C)(=O)=O)c1ccccc1. The van der Waals surface area contributed by atoms with E-state index >= 15 is 0 Å². The number of sulfonamides is 1. The van der Waals surface area contributed by atoms with Crippen molar-refractivity contribution in [1.82, 2.24) is 0 Å². The summed E-state index contributed by atoms with van der Waals surface area (Å²) in [5.41, 5.74) is 1.30. The van der Waals surface area contributed by atoms with Gasteiger partial charge in [-0.05, 0) is 30.7 Å². The summed E-state index contributed by atoms with van der Waals surface area (Å²) in [6.07, 6.45) is 1.79. The fraction of sp³-hybridized carbons (Fsp3) is 0.316. The summed E-state index contributed by atoms with van der Waals surface area (Å²) in [5.74, 6) is 1.04. The van der Waals surface area contributed by atoms with Crippen LogP contribution in [0.5, 0.6) is 11.5 Å². The molecular weight excluding hydrogens is 368 g/mol. The van der Waals surface area contributed by atoms with Crippen molar-refractivity contribution >= 4 is 27.3 Å². The number of anilines is 2. The third-order valence-corrected chi connectivity index (χ3v) is 5.51. The van der Waals surface area contributed by atoms with Gasteiger partial charge in [-0.15, -0.1) is 0 Å². The lowest BCUT2D eigenvalue weighted by Gasteiger charge is -2.23. The molecule has 1 aliphatic heterocycles. The largest absolute Gasteiger partial charge is 0.454 e. The van der Waals surface area contributed by atoms with Crippen LogP contribution in [0, 0.1) is 0 Å². The van der Waals surface area contributed by atoms with Gasteiger partial charge in [0.05, 0.1) is 11.9 Å². The molecule has 0 fully saturated rings. The van der Waals surface area contributed by atoms with Gasteiger partial charge < -0.3 is 14.4 Å². The topological polar surface area (TPSA) is 76.2 Å². The zero-order valence-corrected chi connectivity index (χ0v) is 16.1. The minimum absolute atomic E-state index is 0.0691. The predicted octanol–water partition coefficient (Wildman–Crippen LogP) is 2.62. The van der Waals surface area contributed by atoms with Gasteiger partial charge in [0.1, 0.15) is 0 Å². The quantitative estimate of drug-likeness (QED) is 0.726. The number of hydrogen-bond donors (Lipinski definition) is 0. The van der Waals surface area contributed by atoms with Crippen molar-refractivity contribution in [1.29, 1.82) is 0 Å². The molecule has 1 aliphatic rings. The van der Waals surface area contributed by atoms with Gasteiger partial charge in [-0.2, -0.15) is 0 Å². The van der Waals surface area contributed by atoms with E-state index < -0.39 is 10.0 Å². The monoisotopic (exact) mass is 390 g/mol. The maximum absolute atomic E-state index is 12.4. The summed E-state index contributed by atoms with van der Waals surface area (Å²) in [4.78, 5) is 14.0. The van der Waals surface area contributed by atoms with E-state index in [4.69, 9.17) is 9.47 Å². The molecule has 3 rings (SSSR count). The number of rotatable bonds is 7. The average Bonchev–Trinajstić information content (AvgIpc) is 3.11. The molecule has 27 heavy (non-hydrogen) atoms. The summed E-state index contributed by atoms with van der Waals surface area (Å²) in [6.45, 7) is 0.324. The molecule has 0 N–H and O–H groups in total. The lowest BCUT2D eigenvalue weighted by atomic mass is 10.2. The molecule has 144 valence electrons. The van der Waals surface area contributed by atoms with E-state index in [-0.39, 0.29) is 25.7 Å². The Morgan fingerprint density at radius 1 is 1.04 bits per heavy atom. The van der Waals surface area contributed by atoms with E-state index in [2.05, 4.69) is 0 Å². The first-order valence-corrected chi connectivity index (χ1v) is 10.4. The fourth-order valence-electron chi connectivity index (χ4n) is 2.86. The van der Waals surface area contributed by atoms with Crippen LogP contribution in [0.15, 0.2) is 48.5 Å². The Kier molecular flexibility index (Phi) is 5.55. The number of nitrogens with zero attached hydrogens (tertiary/aromatic N) is 2. The Bertz CT molecular complexity index is 915. The van der Waals surface area contributed by atoms with Crippen molar-refractivity contribution in [2.75, 3.05) is 35.8 Å². The molecule has 0 saturated carbocycles. The minimum atomic E-state index is -3.49. The lowest BCUT2D eigenvalue weighted by Crippen LogP contribution is -2.32. The smallest absolute Gasteiger partial charge is 0.232 e. The van der Waals surface area contributed by atoms with Crippen LogP contribution in [0.4, 0.5) is 11.4 Å². The van der Waals surface area contributed by atoms with Crippen molar-refractivity contribution in [2.45, 2.75) is 12.8 Å². The van der Waals surface area contributed by atoms with Gasteiger partial charge in [0, 0.05) is 31.8 Å². The number of ether oxygens (including phenoxy) is 2. The number of benzene rings is 2. The predicted molar refractivity (Wildman–Crippen MR) is 104 cm³/mol. The van der Waals surface area contributed by atoms with Crippen molar-refractivity contribution in [2.24, 2.45) is 0 Å². The maximum atomic E-state index is 12.4. The molecule has 1 heterocycles. The van der Waals surface area contributed by atoms with Crippen molar-refractivity contribution in [3.8, 4) is 11.5 Å². The van der Waals surface area contributed by atoms with Crippen LogP contribution in [-0.2, 0) is 14.8 Å². The highest BCUT2D eigenvalue weighted by molar-refractivity contribution is 7.92.